The third-order valence-corrected chi connectivity index (χ3v) is 3.00. The van der Waals surface area contributed by atoms with Gasteiger partial charge in [-0.1, -0.05) is 29.8 Å². The Kier molecular flexibility index (Phi) is 3.74. The van der Waals surface area contributed by atoms with Crippen molar-refractivity contribution in [3.63, 3.8) is 0 Å². The van der Waals surface area contributed by atoms with Crippen molar-refractivity contribution >= 4 is 12.1 Å². The molecule has 0 amide bonds. The smallest absolute Gasteiger partial charge is 0.460 e. The van der Waals surface area contributed by atoms with Gasteiger partial charge in [0.05, 0.1) is 0 Å². The van der Waals surface area contributed by atoms with Crippen LogP contribution in [-0.2, 0) is 25.6 Å². The van der Waals surface area contributed by atoms with E-state index >= 15 is 0 Å². The summed E-state index contributed by atoms with van der Waals surface area (Å²) in [5.41, 5.74) is 1.13. The highest BCUT2D eigenvalue weighted by molar-refractivity contribution is 5.78. The summed E-state index contributed by atoms with van der Waals surface area (Å²) in [4.78, 5) is 22.8. The Labute approximate surface area is 111 Å². The lowest BCUT2D eigenvalue weighted by Gasteiger charge is -2.29. The second-order valence-corrected chi connectivity index (χ2v) is 4.95. The molecule has 1 aromatic carbocycles. The highest BCUT2D eigenvalue weighted by Crippen LogP contribution is 2.24. The highest BCUT2D eigenvalue weighted by atomic mass is 16.7. The van der Waals surface area contributed by atoms with Gasteiger partial charge in [-0.15, -0.1) is 0 Å². The lowest BCUT2D eigenvalue weighted by Crippen LogP contribution is -2.44. The number of carbonyl (C=O) groups excluding carboxylic acids is 2. The largest absolute Gasteiger partial charge is 0.508 e. The number of carbonyl (C=O) groups is 2. The standard InChI is InChI=1S/C14H16O5/c1-10-3-5-11(6-4-10)7-17-12(15)14(2)8-18-13(16)19-9-14/h3-6H,7-9H2,1-2H3. The Bertz CT molecular complexity index is 467. The van der Waals surface area contributed by atoms with Crippen molar-refractivity contribution in [2.45, 2.75) is 20.5 Å². The third kappa shape index (κ3) is 3.24. The zero-order valence-corrected chi connectivity index (χ0v) is 11.0. The summed E-state index contributed by atoms with van der Waals surface area (Å²) in [6.45, 7) is 3.81. The van der Waals surface area contributed by atoms with Crippen LogP contribution in [0.15, 0.2) is 24.3 Å². The van der Waals surface area contributed by atoms with Crippen LogP contribution in [0.25, 0.3) is 0 Å². The van der Waals surface area contributed by atoms with Crippen molar-refractivity contribution in [1.82, 2.24) is 0 Å². The molecule has 0 spiro atoms. The van der Waals surface area contributed by atoms with E-state index in [-0.39, 0.29) is 19.8 Å². The van der Waals surface area contributed by atoms with E-state index in [0.29, 0.717) is 0 Å². The van der Waals surface area contributed by atoms with Gasteiger partial charge < -0.3 is 14.2 Å². The number of ether oxygens (including phenoxy) is 3. The first-order valence-corrected chi connectivity index (χ1v) is 6.02. The molecule has 0 bridgehead atoms. The van der Waals surface area contributed by atoms with Crippen molar-refractivity contribution in [1.29, 1.82) is 0 Å². The maximum atomic E-state index is 12.0. The van der Waals surface area contributed by atoms with Gasteiger partial charge in [-0.2, -0.15) is 0 Å². The minimum absolute atomic E-state index is 0.0153. The van der Waals surface area contributed by atoms with Gasteiger partial charge in [0, 0.05) is 0 Å². The predicted octanol–water partition coefficient (Wildman–Crippen LogP) is 2.21. The van der Waals surface area contributed by atoms with Crippen LogP contribution in [0.2, 0.25) is 0 Å². The summed E-state index contributed by atoms with van der Waals surface area (Å²) >= 11 is 0. The minimum atomic E-state index is -0.932. The van der Waals surface area contributed by atoms with Crippen LogP contribution in [0.4, 0.5) is 4.79 Å². The molecule has 5 nitrogen and oxygen atoms in total. The van der Waals surface area contributed by atoms with Crippen LogP contribution in [0, 0.1) is 12.3 Å². The lowest BCUT2D eigenvalue weighted by molar-refractivity contribution is -0.167. The first-order valence-electron chi connectivity index (χ1n) is 6.02. The predicted molar refractivity (Wildman–Crippen MR) is 66.4 cm³/mol. The molecule has 1 aliphatic rings. The molecule has 1 aliphatic heterocycles. The van der Waals surface area contributed by atoms with E-state index < -0.39 is 17.5 Å². The second kappa shape index (κ2) is 5.30. The van der Waals surface area contributed by atoms with Crippen LogP contribution in [0.1, 0.15) is 18.1 Å². The average molecular weight is 264 g/mol. The van der Waals surface area contributed by atoms with E-state index in [1.165, 1.54) is 0 Å². The van der Waals surface area contributed by atoms with E-state index in [0.717, 1.165) is 11.1 Å². The fourth-order valence-corrected chi connectivity index (χ4v) is 1.65. The van der Waals surface area contributed by atoms with E-state index in [1.807, 2.05) is 31.2 Å². The molecule has 102 valence electrons. The average Bonchev–Trinajstić information content (AvgIpc) is 2.41. The van der Waals surface area contributed by atoms with Crippen LogP contribution in [0.3, 0.4) is 0 Å². The van der Waals surface area contributed by atoms with Crippen molar-refractivity contribution < 1.29 is 23.8 Å². The Morgan fingerprint density at radius 3 is 2.42 bits per heavy atom. The molecule has 5 heteroatoms. The SMILES string of the molecule is Cc1ccc(COC(=O)C2(C)COC(=O)OC2)cc1. The highest BCUT2D eigenvalue weighted by Gasteiger charge is 2.41. The molecule has 2 rings (SSSR count). The summed E-state index contributed by atoms with van der Waals surface area (Å²) < 4.78 is 14.7. The van der Waals surface area contributed by atoms with Gasteiger partial charge in [0.15, 0.2) is 0 Å². The molecular weight excluding hydrogens is 248 g/mol. The van der Waals surface area contributed by atoms with Gasteiger partial charge >= 0.3 is 12.1 Å². The summed E-state index contributed by atoms with van der Waals surface area (Å²) in [6.07, 6.45) is -0.746. The van der Waals surface area contributed by atoms with Gasteiger partial charge in [-0.25, -0.2) is 4.79 Å². The van der Waals surface area contributed by atoms with Crippen LogP contribution in [-0.4, -0.2) is 25.3 Å². The molecule has 1 aromatic rings. The zero-order valence-electron chi connectivity index (χ0n) is 11.0. The van der Waals surface area contributed by atoms with E-state index in [4.69, 9.17) is 14.2 Å². The normalized spacial score (nSPS) is 17.3. The summed E-state index contributed by atoms with van der Waals surface area (Å²) in [5.74, 6) is -0.430. The molecule has 0 N–H and O–H groups in total. The number of cyclic esters (lactones) is 2. The molecule has 0 radical (unpaired) electrons. The molecule has 0 aliphatic carbocycles. The Balaban J connectivity index is 1.90. The number of rotatable bonds is 3. The second-order valence-electron chi connectivity index (χ2n) is 4.95. The Morgan fingerprint density at radius 1 is 1.26 bits per heavy atom. The molecule has 0 unspecified atom stereocenters. The molecule has 1 saturated heterocycles. The van der Waals surface area contributed by atoms with Gasteiger partial charge in [0.25, 0.3) is 0 Å². The first-order chi connectivity index (χ1) is 8.99. The topological polar surface area (TPSA) is 61.8 Å². The maximum absolute atomic E-state index is 12.0. The molecule has 0 saturated carbocycles. The molecule has 1 fully saturated rings. The number of esters is 1. The van der Waals surface area contributed by atoms with E-state index in [9.17, 15) is 9.59 Å². The zero-order chi connectivity index (χ0) is 13.9. The van der Waals surface area contributed by atoms with Gasteiger partial charge in [0.1, 0.15) is 25.2 Å². The van der Waals surface area contributed by atoms with Crippen molar-refractivity contribution in [2.24, 2.45) is 5.41 Å². The molecule has 0 aromatic heterocycles. The Hall–Kier alpha value is -2.04. The van der Waals surface area contributed by atoms with Crippen molar-refractivity contribution in [3.8, 4) is 0 Å². The van der Waals surface area contributed by atoms with Crippen molar-refractivity contribution in [3.05, 3.63) is 35.4 Å². The maximum Gasteiger partial charge on any atom is 0.508 e. The first kappa shape index (κ1) is 13.4. The van der Waals surface area contributed by atoms with Crippen LogP contribution in [0.5, 0.6) is 0 Å². The molecule has 19 heavy (non-hydrogen) atoms. The number of hydrogen-bond donors (Lipinski definition) is 0. The van der Waals surface area contributed by atoms with Crippen LogP contribution >= 0.6 is 0 Å². The number of benzene rings is 1. The minimum Gasteiger partial charge on any atom is -0.460 e. The summed E-state index contributed by atoms with van der Waals surface area (Å²) in [7, 11) is 0. The number of hydrogen-bond acceptors (Lipinski definition) is 5. The monoisotopic (exact) mass is 264 g/mol. The molecule has 0 atom stereocenters. The summed E-state index contributed by atoms with van der Waals surface area (Å²) in [6, 6.07) is 7.72. The van der Waals surface area contributed by atoms with Gasteiger partial charge in [-0.05, 0) is 19.4 Å². The van der Waals surface area contributed by atoms with E-state index in [1.54, 1.807) is 6.92 Å². The molecule has 1 heterocycles. The van der Waals surface area contributed by atoms with Crippen molar-refractivity contribution in [2.75, 3.05) is 13.2 Å². The fourth-order valence-electron chi connectivity index (χ4n) is 1.65. The van der Waals surface area contributed by atoms with E-state index in [2.05, 4.69) is 0 Å². The quantitative estimate of drug-likeness (QED) is 0.783. The molecular formula is C14H16O5. The number of aryl methyl sites for hydroxylation is 1. The Morgan fingerprint density at radius 2 is 1.84 bits per heavy atom. The van der Waals surface area contributed by atoms with Gasteiger partial charge in [0.2, 0.25) is 0 Å². The summed E-state index contributed by atoms with van der Waals surface area (Å²) in [5, 5.41) is 0. The lowest BCUT2D eigenvalue weighted by atomic mass is 9.92. The van der Waals surface area contributed by atoms with Crippen LogP contribution < -0.4 is 0 Å². The fraction of sp³-hybridized carbons (Fsp3) is 0.429. The third-order valence-electron chi connectivity index (χ3n) is 3.00. The van der Waals surface area contributed by atoms with Gasteiger partial charge in [-0.3, -0.25) is 4.79 Å².